The number of hydrogen-bond donors (Lipinski definition) is 0. The van der Waals surface area contributed by atoms with Crippen molar-refractivity contribution in [1.82, 2.24) is 4.90 Å². The molecule has 19 heavy (non-hydrogen) atoms. The van der Waals surface area contributed by atoms with Crippen LogP contribution in [0.25, 0.3) is 0 Å². The summed E-state index contributed by atoms with van der Waals surface area (Å²) in [6.45, 7) is 2.06. The molecule has 2 atom stereocenters. The summed E-state index contributed by atoms with van der Waals surface area (Å²) in [5, 5.41) is 0. The highest BCUT2D eigenvalue weighted by atomic mass is 16.5. The minimum atomic E-state index is 0.320. The first kappa shape index (κ1) is 12.7. The summed E-state index contributed by atoms with van der Waals surface area (Å²) in [4.78, 5) is 14.2. The van der Waals surface area contributed by atoms with Gasteiger partial charge < -0.3 is 4.74 Å². The highest BCUT2D eigenvalue weighted by molar-refractivity contribution is 5.83. The molecule has 1 aromatic rings. The van der Waals surface area contributed by atoms with Crippen molar-refractivity contribution in [3.63, 3.8) is 0 Å². The number of rotatable bonds is 4. The summed E-state index contributed by atoms with van der Waals surface area (Å²) in [6, 6.07) is 8.80. The van der Waals surface area contributed by atoms with Crippen LogP contribution < -0.4 is 4.74 Å². The number of fused-ring (bicyclic) bond motifs is 3. The first-order valence-electron chi connectivity index (χ1n) is 7.16. The quantitative estimate of drug-likeness (QED) is 0.831. The van der Waals surface area contributed by atoms with E-state index in [2.05, 4.69) is 17.0 Å². The lowest BCUT2D eigenvalue weighted by Crippen LogP contribution is -2.52. The largest absolute Gasteiger partial charge is 0.497 e. The summed E-state index contributed by atoms with van der Waals surface area (Å²) in [5.41, 5.74) is 1.34. The maximum Gasteiger partial charge on any atom is 0.138 e. The Balaban J connectivity index is 1.56. The number of ketones is 1. The normalized spacial score (nSPS) is 26.7. The summed E-state index contributed by atoms with van der Waals surface area (Å²) in [5.74, 6) is 1.73. The number of methoxy groups -OCH3 is 1. The molecule has 3 aliphatic rings. The van der Waals surface area contributed by atoms with Crippen LogP contribution in [-0.2, 0) is 11.2 Å². The molecule has 102 valence electrons. The zero-order chi connectivity index (χ0) is 13.2. The zero-order valence-electron chi connectivity index (χ0n) is 11.5. The molecule has 2 aliphatic heterocycles. The van der Waals surface area contributed by atoms with E-state index in [9.17, 15) is 4.79 Å². The fourth-order valence-corrected chi connectivity index (χ4v) is 3.33. The summed E-state index contributed by atoms with van der Waals surface area (Å²) < 4.78 is 5.17. The van der Waals surface area contributed by atoms with Crippen LogP contribution in [0.4, 0.5) is 0 Å². The van der Waals surface area contributed by atoms with Crippen molar-refractivity contribution in [3.8, 4) is 5.75 Å². The molecule has 2 saturated heterocycles. The zero-order valence-corrected chi connectivity index (χ0v) is 11.5. The van der Waals surface area contributed by atoms with Crippen LogP contribution in [0.3, 0.4) is 0 Å². The van der Waals surface area contributed by atoms with Gasteiger partial charge in [0.25, 0.3) is 0 Å². The average Bonchev–Trinajstić information content (AvgIpc) is 2.46. The van der Waals surface area contributed by atoms with E-state index >= 15 is 0 Å². The Morgan fingerprint density at radius 1 is 1.26 bits per heavy atom. The number of carbonyl (C=O) groups is 1. The van der Waals surface area contributed by atoms with Crippen LogP contribution in [0.15, 0.2) is 24.3 Å². The van der Waals surface area contributed by atoms with Gasteiger partial charge in [0, 0.05) is 31.5 Å². The Hall–Kier alpha value is -1.35. The minimum Gasteiger partial charge on any atom is -0.497 e. The molecule has 0 N–H and O–H groups in total. The molecule has 1 aromatic carbocycles. The number of benzene rings is 1. The number of hydrogen-bond acceptors (Lipinski definition) is 3. The van der Waals surface area contributed by atoms with E-state index in [0.29, 0.717) is 17.7 Å². The summed E-state index contributed by atoms with van der Waals surface area (Å²) >= 11 is 0. The number of piperidine rings is 2. The molecule has 0 spiro atoms. The predicted molar refractivity (Wildman–Crippen MR) is 74.4 cm³/mol. The molecule has 3 fully saturated rings. The highest BCUT2D eigenvalue weighted by Crippen LogP contribution is 2.32. The number of carbonyl (C=O) groups excluding carboxylic acids is 1. The van der Waals surface area contributed by atoms with Crippen LogP contribution in [0.5, 0.6) is 5.75 Å². The predicted octanol–water partition coefficient (Wildman–Crippen LogP) is 2.29. The highest BCUT2D eigenvalue weighted by Gasteiger charge is 2.38. The molecular weight excluding hydrogens is 238 g/mol. The van der Waals surface area contributed by atoms with E-state index in [1.165, 1.54) is 12.0 Å². The Morgan fingerprint density at radius 3 is 2.63 bits per heavy atom. The molecule has 2 bridgehead atoms. The van der Waals surface area contributed by atoms with Crippen LogP contribution in [0.2, 0.25) is 0 Å². The lowest BCUT2D eigenvalue weighted by molar-refractivity contribution is -0.132. The molecule has 3 nitrogen and oxygen atoms in total. The molecule has 2 heterocycles. The van der Waals surface area contributed by atoms with Gasteiger partial charge in [-0.25, -0.2) is 0 Å². The van der Waals surface area contributed by atoms with E-state index in [4.69, 9.17) is 4.74 Å². The summed E-state index contributed by atoms with van der Waals surface area (Å²) in [6.07, 6.45) is 4.16. The van der Waals surface area contributed by atoms with Crippen LogP contribution in [0, 0.1) is 5.92 Å². The Morgan fingerprint density at radius 2 is 2.05 bits per heavy atom. The molecule has 0 radical (unpaired) electrons. The molecule has 1 aliphatic carbocycles. The Bertz CT molecular complexity index is 454. The van der Waals surface area contributed by atoms with Crippen LogP contribution in [-0.4, -0.2) is 36.9 Å². The Labute approximate surface area is 114 Å². The second kappa shape index (κ2) is 5.33. The third kappa shape index (κ3) is 2.66. The summed E-state index contributed by atoms with van der Waals surface area (Å²) in [7, 11) is 1.69. The number of Topliss-reactive ketones (excluding diaryl/α,β-unsaturated/α-hetero) is 1. The van der Waals surface area contributed by atoms with Crippen molar-refractivity contribution in [2.24, 2.45) is 5.92 Å². The van der Waals surface area contributed by atoms with E-state index < -0.39 is 0 Å². The van der Waals surface area contributed by atoms with Gasteiger partial charge in [-0.1, -0.05) is 12.1 Å². The van der Waals surface area contributed by atoms with Gasteiger partial charge >= 0.3 is 0 Å². The van der Waals surface area contributed by atoms with Crippen molar-refractivity contribution >= 4 is 5.78 Å². The molecular formula is C16H21NO2. The van der Waals surface area contributed by atoms with Crippen molar-refractivity contribution in [3.05, 3.63) is 29.8 Å². The maximum absolute atomic E-state index is 11.7. The topological polar surface area (TPSA) is 29.5 Å². The fourth-order valence-electron chi connectivity index (χ4n) is 3.33. The van der Waals surface area contributed by atoms with Crippen LogP contribution in [0.1, 0.15) is 24.8 Å². The second-order valence-corrected chi connectivity index (χ2v) is 5.69. The van der Waals surface area contributed by atoms with Gasteiger partial charge in [-0.3, -0.25) is 9.69 Å². The van der Waals surface area contributed by atoms with Crippen molar-refractivity contribution in [2.45, 2.75) is 31.7 Å². The fraction of sp³-hybridized carbons (Fsp3) is 0.562. The van der Waals surface area contributed by atoms with Gasteiger partial charge in [-0.05, 0) is 37.0 Å². The lowest BCUT2D eigenvalue weighted by atomic mass is 9.79. The maximum atomic E-state index is 11.7. The van der Waals surface area contributed by atoms with Gasteiger partial charge in [0.05, 0.1) is 7.11 Å². The van der Waals surface area contributed by atoms with E-state index in [-0.39, 0.29) is 0 Å². The van der Waals surface area contributed by atoms with Crippen molar-refractivity contribution < 1.29 is 9.53 Å². The average molecular weight is 259 g/mol. The van der Waals surface area contributed by atoms with Gasteiger partial charge in [-0.2, -0.15) is 0 Å². The first-order chi connectivity index (χ1) is 9.26. The van der Waals surface area contributed by atoms with Gasteiger partial charge in [-0.15, -0.1) is 0 Å². The van der Waals surface area contributed by atoms with Crippen molar-refractivity contribution in [1.29, 1.82) is 0 Å². The molecule has 0 amide bonds. The first-order valence-corrected chi connectivity index (χ1v) is 7.16. The smallest absolute Gasteiger partial charge is 0.138 e. The minimum absolute atomic E-state index is 0.320. The van der Waals surface area contributed by atoms with E-state index in [0.717, 1.165) is 38.1 Å². The Kier molecular flexibility index (Phi) is 3.56. The number of nitrogens with zero attached hydrogens (tertiary/aromatic N) is 1. The molecule has 1 saturated carbocycles. The van der Waals surface area contributed by atoms with Gasteiger partial charge in [0.1, 0.15) is 11.5 Å². The number of ether oxygens (including phenoxy) is 1. The van der Waals surface area contributed by atoms with Gasteiger partial charge in [0.2, 0.25) is 0 Å². The van der Waals surface area contributed by atoms with Crippen LogP contribution >= 0.6 is 0 Å². The lowest BCUT2D eigenvalue weighted by Gasteiger charge is -2.44. The third-order valence-corrected chi connectivity index (χ3v) is 4.56. The monoisotopic (exact) mass is 259 g/mol. The molecule has 0 aromatic heterocycles. The standard InChI is InChI=1S/C16H21NO2/c1-19-15-6-2-12(3-7-15)8-9-17-11-13-4-5-14(17)10-16(13)18/h2-3,6-7,13-14H,4-5,8-11H2,1H3. The molecule has 3 heteroatoms. The SMILES string of the molecule is COc1ccc(CCN2CC3CCC2CC3=O)cc1. The third-order valence-electron chi connectivity index (χ3n) is 4.56. The van der Waals surface area contributed by atoms with Crippen molar-refractivity contribution in [2.75, 3.05) is 20.2 Å². The molecule has 4 rings (SSSR count). The van der Waals surface area contributed by atoms with Gasteiger partial charge in [0.15, 0.2) is 0 Å². The van der Waals surface area contributed by atoms with E-state index in [1.807, 2.05) is 12.1 Å². The second-order valence-electron chi connectivity index (χ2n) is 5.69. The molecule has 2 unspecified atom stereocenters. The van der Waals surface area contributed by atoms with E-state index in [1.54, 1.807) is 7.11 Å².